The molecule has 3 aromatic carbocycles. The Labute approximate surface area is 166 Å². The van der Waals surface area contributed by atoms with Crippen LogP contribution < -0.4 is 5.32 Å². The van der Waals surface area contributed by atoms with E-state index in [9.17, 15) is 35.5 Å². The first-order valence-corrected chi connectivity index (χ1v) is 8.42. The molecule has 0 atom stereocenters. The molecule has 3 rings (SSSR count). The SMILES string of the molecule is O=C(Nc1ccc(C(F)(F)c2ccccc2C(F)(F)F)c(F)c1)c1ccccc1F. The molecule has 0 fully saturated rings. The summed E-state index contributed by atoms with van der Waals surface area (Å²) in [6.07, 6.45) is -5.07. The molecule has 0 aliphatic rings. The third kappa shape index (κ3) is 4.14. The molecule has 0 unspecified atom stereocenters. The fourth-order valence-electron chi connectivity index (χ4n) is 2.84. The first-order valence-electron chi connectivity index (χ1n) is 8.42. The lowest BCUT2D eigenvalue weighted by atomic mass is 9.95. The van der Waals surface area contributed by atoms with Gasteiger partial charge in [0, 0.05) is 11.3 Å². The van der Waals surface area contributed by atoms with Crippen molar-refractivity contribution in [2.45, 2.75) is 12.1 Å². The number of hydrogen-bond donors (Lipinski definition) is 1. The highest BCUT2D eigenvalue weighted by Gasteiger charge is 2.44. The van der Waals surface area contributed by atoms with Crippen molar-refractivity contribution in [1.82, 2.24) is 0 Å². The maximum atomic E-state index is 14.8. The number of carbonyl (C=O) groups is 1. The second kappa shape index (κ2) is 7.81. The summed E-state index contributed by atoms with van der Waals surface area (Å²) in [7, 11) is 0. The van der Waals surface area contributed by atoms with Gasteiger partial charge in [-0.1, -0.05) is 30.3 Å². The quantitative estimate of drug-likeness (QED) is 0.482. The third-order valence-electron chi connectivity index (χ3n) is 4.25. The molecule has 0 aromatic heterocycles. The summed E-state index contributed by atoms with van der Waals surface area (Å²) in [6.45, 7) is 0. The highest BCUT2D eigenvalue weighted by molar-refractivity contribution is 6.04. The van der Waals surface area contributed by atoms with Gasteiger partial charge in [0.15, 0.2) is 0 Å². The fourth-order valence-corrected chi connectivity index (χ4v) is 2.84. The number of halogens is 7. The van der Waals surface area contributed by atoms with Gasteiger partial charge in [-0.05, 0) is 36.4 Å². The number of rotatable bonds is 4. The van der Waals surface area contributed by atoms with E-state index in [-0.39, 0.29) is 11.3 Å². The molecule has 0 aliphatic heterocycles. The van der Waals surface area contributed by atoms with Crippen LogP contribution in [0.5, 0.6) is 0 Å². The number of benzene rings is 3. The lowest BCUT2D eigenvalue weighted by molar-refractivity contribution is -0.141. The van der Waals surface area contributed by atoms with Crippen LogP contribution in [0.15, 0.2) is 66.7 Å². The molecule has 0 aliphatic carbocycles. The van der Waals surface area contributed by atoms with E-state index in [0.717, 1.165) is 30.3 Å². The summed E-state index contributed by atoms with van der Waals surface area (Å²) in [6, 6.07) is 9.88. The van der Waals surface area contributed by atoms with Gasteiger partial charge in [-0.2, -0.15) is 22.0 Å². The normalized spacial score (nSPS) is 12.0. The van der Waals surface area contributed by atoms with Crippen LogP contribution >= 0.6 is 0 Å². The molecule has 0 saturated carbocycles. The average molecular weight is 427 g/mol. The molecule has 1 N–H and O–H groups in total. The minimum absolute atomic E-state index is 0.274. The summed E-state index contributed by atoms with van der Waals surface area (Å²) in [5.41, 5.74) is -4.93. The predicted octanol–water partition coefficient (Wildman–Crippen LogP) is 6.38. The van der Waals surface area contributed by atoms with Crippen LogP contribution in [-0.4, -0.2) is 5.91 Å². The van der Waals surface area contributed by atoms with Gasteiger partial charge in [-0.15, -0.1) is 0 Å². The Morgan fingerprint density at radius 3 is 1.90 bits per heavy atom. The number of nitrogens with one attached hydrogen (secondary N) is 1. The molecule has 0 heterocycles. The summed E-state index contributed by atoms with van der Waals surface area (Å²) in [4.78, 5) is 12.1. The molecule has 1 amide bonds. The minimum Gasteiger partial charge on any atom is -0.322 e. The van der Waals surface area contributed by atoms with E-state index in [0.29, 0.717) is 24.3 Å². The molecule has 3 aromatic rings. The second-order valence-electron chi connectivity index (χ2n) is 6.25. The van der Waals surface area contributed by atoms with E-state index in [4.69, 9.17) is 0 Å². The Hall–Kier alpha value is -3.36. The van der Waals surface area contributed by atoms with Gasteiger partial charge in [0.2, 0.25) is 0 Å². The molecule has 0 spiro atoms. The van der Waals surface area contributed by atoms with Crippen LogP contribution in [0.4, 0.5) is 36.4 Å². The maximum Gasteiger partial charge on any atom is 0.416 e. The smallest absolute Gasteiger partial charge is 0.322 e. The third-order valence-corrected chi connectivity index (χ3v) is 4.25. The van der Waals surface area contributed by atoms with Gasteiger partial charge >= 0.3 is 12.1 Å². The zero-order chi connectivity index (χ0) is 22.1. The fraction of sp³-hybridized carbons (Fsp3) is 0.0952. The highest BCUT2D eigenvalue weighted by atomic mass is 19.4. The summed E-state index contributed by atoms with van der Waals surface area (Å²) in [5, 5.41) is 2.15. The predicted molar refractivity (Wildman–Crippen MR) is 95.2 cm³/mol. The molecule has 0 saturated heterocycles. The lowest BCUT2D eigenvalue weighted by Gasteiger charge is -2.22. The number of hydrogen-bond acceptors (Lipinski definition) is 1. The van der Waals surface area contributed by atoms with E-state index in [1.807, 2.05) is 0 Å². The van der Waals surface area contributed by atoms with Gasteiger partial charge in [-0.3, -0.25) is 4.79 Å². The summed E-state index contributed by atoms with van der Waals surface area (Å²) < 4.78 is 96.9. The molecular weight excluding hydrogens is 415 g/mol. The average Bonchev–Trinajstić information content (AvgIpc) is 2.67. The van der Waals surface area contributed by atoms with Crippen LogP contribution in [0.3, 0.4) is 0 Å². The highest BCUT2D eigenvalue weighted by Crippen LogP contribution is 2.44. The zero-order valence-corrected chi connectivity index (χ0v) is 14.9. The van der Waals surface area contributed by atoms with Crippen LogP contribution in [0, 0.1) is 11.6 Å². The van der Waals surface area contributed by atoms with Gasteiger partial charge < -0.3 is 5.32 Å². The van der Waals surface area contributed by atoms with E-state index >= 15 is 0 Å². The molecule has 2 nitrogen and oxygen atoms in total. The van der Waals surface area contributed by atoms with Crippen molar-refractivity contribution in [2.75, 3.05) is 5.32 Å². The molecule has 30 heavy (non-hydrogen) atoms. The van der Waals surface area contributed by atoms with E-state index in [2.05, 4.69) is 5.32 Å². The van der Waals surface area contributed by atoms with Crippen LogP contribution in [0.25, 0.3) is 0 Å². The topological polar surface area (TPSA) is 29.1 Å². The summed E-state index contributed by atoms with van der Waals surface area (Å²) in [5.74, 6) is -7.63. The van der Waals surface area contributed by atoms with Crippen molar-refractivity contribution < 1.29 is 35.5 Å². The Kier molecular flexibility index (Phi) is 5.56. The van der Waals surface area contributed by atoms with Gasteiger partial charge in [0.05, 0.1) is 16.7 Å². The number of amides is 1. The van der Waals surface area contributed by atoms with Crippen molar-refractivity contribution in [2.24, 2.45) is 0 Å². The van der Waals surface area contributed by atoms with Crippen molar-refractivity contribution >= 4 is 11.6 Å². The molecule has 0 radical (unpaired) electrons. The Bertz CT molecular complexity index is 1090. The van der Waals surface area contributed by atoms with Crippen LogP contribution in [0.1, 0.15) is 27.0 Å². The van der Waals surface area contributed by atoms with Crippen molar-refractivity contribution in [3.8, 4) is 0 Å². The second-order valence-corrected chi connectivity index (χ2v) is 6.25. The molecule has 0 bridgehead atoms. The van der Waals surface area contributed by atoms with Crippen molar-refractivity contribution in [3.05, 3.63) is 101 Å². The van der Waals surface area contributed by atoms with Crippen molar-refractivity contribution in [1.29, 1.82) is 0 Å². The molecular formula is C21H12F7NO. The Balaban J connectivity index is 1.94. The van der Waals surface area contributed by atoms with E-state index in [1.165, 1.54) is 12.1 Å². The van der Waals surface area contributed by atoms with E-state index in [1.54, 1.807) is 0 Å². The Morgan fingerprint density at radius 1 is 0.700 bits per heavy atom. The summed E-state index contributed by atoms with van der Waals surface area (Å²) >= 11 is 0. The first kappa shape index (κ1) is 21.4. The monoisotopic (exact) mass is 427 g/mol. The maximum absolute atomic E-state index is 14.8. The first-order chi connectivity index (χ1) is 14.0. The number of carbonyl (C=O) groups excluding carboxylic acids is 1. The molecule has 156 valence electrons. The number of anilines is 1. The zero-order valence-electron chi connectivity index (χ0n) is 14.9. The standard InChI is InChI=1S/C21H12F7NO/c22-17-8-4-1-5-13(17)19(30)29-12-9-10-16(18(23)11-12)20(24,25)14-6-2-3-7-15(14)21(26,27)28/h1-11H,(H,29,30). The Morgan fingerprint density at radius 2 is 1.30 bits per heavy atom. The molecule has 9 heteroatoms. The largest absolute Gasteiger partial charge is 0.416 e. The van der Waals surface area contributed by atoms with E-state index < -0.39 is 46.3 Å². The van der Waals surface area contributed by atoms with Crippen LogP contribution in [0.2, 0.25) is 0 Å². The van der Waals surface area contributed by atoms with Crippen molar-refractivity contribution in [3.63, 3.8) is 0 Å². The van der Waals surface area contributed by atoms with Gasteiger partial charge in [0.1, 0.15) is 11.6 Å². The lowest BCUT2D eigenvalue weighted by Crippen LogP contribution is -2.23. The number of alkyl halides is 5. The van der Waals surface area contributed by atoms with Gasteiger partial charge in [-0.25, -0.2) is 8.78 Å². The minimum atomic E-state index is -5.07. The van der Waals surface area contributed by atoms with Crippen LogP contribution in [-0.2, 0) is 12.1 Å². The van der Waals surface area contributed by atoms with Gasteiger partial charge in [0.25, 0.3) is 5.91 Å².